The summed E-state index contributed by atoms with van der Waals surface area (Å²) in [7, 11) is 0. The van der Waals surface area contributed by atoms with E-state index in [9.17, 15) is 9.59 Å². The summed E-state index contributed by atoms with van der Waals surface area (Å²) < 4.78 is 0. The molecule has 3 nitrogen and oxygen atoms in total. The third-order valence-corrected chi connectivity index (χ3v) is 4.04. The van der Waals surface area contributed by atoms with Crippen molar-refractivity contribution in [2.45, 2.75) is 103 Å². The van der Waals surface area contributed by atoms with Crippen molar-refractivity contribution in [2.24, 2.45) is 5.73 Å². The molecule has 2 N–H and O–H groups in total. The van der Waals surface area contributed by atoms with E-state index in [0.717, 1.165) is 19.1 Å². The van der Waals surface area contributed by atoms with E-state index in [4.69, 9.17) is 5.73 Å². The predicted octanol–water partition coefficient (Wildman–Crippen LogP) is 4.56. The van der Waals surface area contributed by atoms with Crippen LogP contribution >= 0.6 is 0 Å². The van der Waals surface area contributed by atoms with E-state index in [0.29, 0.717) is 19.3 Å². The van der Waals surface area contributed by atoms with Crippen LogP contribution in [0.1, 0.15) is 96.8 Å². The first-order chi connectivity index (χ1) is 10.2. The quantitative estimate of drug-likeness (QED) is 0.335. The van der Waals surface area contributed by atoms with Crippen LogP contribution in [-0.2, 0) is 9.59 Å². The summed E-state index contributed by atoms with van der Waals surface area (Å²) in [6.45, 7) is 2.25. The number of carbonyl (C=O) groups excluding carboxylic acids is 2. The first kappa shape index (κ1) is 20.3. The highest BCUT2D eigenvalue weighted by Gasteiger charge is 2.11. The highest BCUT2D eigenvalue weighted by molar-refractivity contribution is 5.83. The number of Topliss-reactive ketones (excluding diaryl/α,β-unsaturated/α-hetero) is 1. The number of rotatable bonds is 16. The molecule has 0 aliphatic carbocycles. The summed E-state index contributed by atoms with van der Waals surface area (Å²) >= 11 is 0. The van der Waals surface area contributed by atoms with Gasteiger partial charge in [0.15, 0.2) is 0 Å². The fourth-order valence-electron chi connectivity index (χ4n) is 2.56. The lowest BCUT2D eigenvalue weighted by molar-refractivity contribution is -0.120. The predicted molar refractivity (Wildman–Crippen MR) is 89.4 cm³/mol. The van der Waals surface area contributed by atoms with Crippen LogP contribution in [0.25, 0.3) is 0 Å². The molecule has 0 saturated carbocycles. The molecule has 0 aromatic carbocycles. The normalized spacial score (nSPS) is 12.3. The van der Waals surface area contributed by atoms with Crippen LogP contribution in [0, 0.1) is 0 Å². The zero-order valence-corrected chi connectivity index (χ0v) is 13.9. The highest BCUT2D eigenvalue weighted by Crippen LogP contribution is 2.12. The second-order valence-electron chi connectivity index (χ2n) is 6.10. The van der Waals surface area contributed by atoms with E-state index in [2.05, 4.69) is 6.92 Å². The molecule has 1 unspecified atom stereocenters. The van der Waals surface area contributed by atoms with Crippen molar-refractivity contribution in [1.29, 1.82) is 0 Å². The summed E-state index contributed by atoms with van der Waals surface area (Å²) in [5.41, 5.74) is 5.73. The van der Waals surface area contributed by atoms with Crippen LogP contribution in [-0.4, -0.2) is 18.1 Å². The molecule has 0 aliphatic heterocycles. The lowest BCUT2D eigenvalue weighted by Gasteiger charge is -2.08. The number of nitrogens with two attached hydrogens (primary N) is 1. The van der Waals surface area contributed by atoms with Gasteiger partial charge < -0.3 is 10.5 Å². The van der Waals surface area contributed by atoms with Crippen molar-refractivity contribution in [2.75, 3.05) is 0 Å². The number of carbonyl (C=O) groups is 2. The van der Waals surface area contributed by atoms with Crippen LogP contribution in [0.3, 0.4) is 0 Å². The Labute approximate surface area is 131 Å². The molecule has 0 spiro atoms. The summed E-state index contributed by atoms with van der Waals surface area (Å²) in [5.74, 6) is 0.118. The molecule has 21 heavy (non-hydrogen) atoms. The molecule has 124 valence electrons. The van der Waals surface area contributed by atoms with Gasteiger partial charge in [-0.2, -0.15) is 0 Å². The Hall–Kier alpha value is -0.700. The van der Waals surface area contributed by atoms with E-state index >= 15 is 0 Å². The second-order valence-corrected chi connectivity index (χ2v) is 6.10. The van der Waals surface area contributed by atoms with Crippen LogP contribution in [0.4, 0.5) is 0 Å². The first-order valence-corrected chi connectivity index (χ1v) is 8.94. The van der Waals surface area contributed by atoms with Gasteiger partial charge >= 0.3 is 0 Å². The third-order valence-electron chi connectivity index (χ3n) is 4.04. The van der Waals surface area contributed by atoms with Crippen molar-refractivity contribution < 1.29 is 9.59 Å². The highest BCUT2D eigenvalue weighted by atomic mass is 16.1. The van der Waals surface area contributed by atoms with Crippen LogP contribution in [0.5, 0.6) is 0 Å². The minimum absolute atomic E-state index is 0.118. The Kier molecular flexibility index (Phi) is 15.2. The summed E-state index contributed by atoms with van der Waals surface area (Å²) in [6, 6.07) is -0.432. The minimum Gasteiger partial charge on any atom is -0.321 e. The molecule has 1 atom stereocenters. The standard InChI is InChI=1S/C18H35NO2/c1-2-3-4-5-6-7-8-9-10-11-12-15-18(21)17(19)14-13-16-20/h16-17H,2-15,19H2,1H3. The van der Waals surface area contributed by atoms with E-state index in [1.165, 1.54) is 57.8 Å². The maximum Gasteiger partial charge on any atom is 0.149 e. The SMILES string of the molecule is CCCCCCCCCCCCCC(=O)C(N)CCC=O. The van der Waals surface area contributed by atoms with Crippen molar-refractivity contribution in [3.8, 4) is 0 Å². The molecule has 0 bridgehead atoms. The Balaban J connectivity index is 3.24. The lowest BCUT2D eigenvalue weighted by atomic mass is 10.0. The second kappa shape index (κ2) is 15.7. The average molecular weight is 297 g/mol. The average Bonchev–Trinajstić information content (AvgIpc) is 2.49. The van der Waals surface area contributed by atoms with Crippen LogP contribution in [0.15, 0.2) is 0 Å². The molecular formula is C18H35NO2. The van der Waals surface area contributed by atoms with E-state index in [-0.39, 0.29) is 5.78 Å². The minimum atomic E-state index is -0.432. The maximum absolute atomic E-state index is 11.7. The van der Waals surface area contributed by atoms with Crippen LogP contribution in [0.2, 0.25) is 0 Å². The van der Waals surface area contributed by atoms with Crippen molar-refractivity contribution in [1.82, 2.24) is 0 Å². The number of hydrogen-bond acceptors (Lipinski definition) is 3. The number of hydrogen-bond donors (Lipinski definition) is 1. The molecule has 0 fully saturated rings. The van der Waals surface area contributed by atoms with Gasteiger partial charge in [0.05, 0.1) is 6.04 Å². The van der Waals surface area contributed by atoms with Crippen molar-refractivity contribution in [3.05, 3.63) is 0 Å². The molecule has 0 aromatic rings. The summed E-state index contributed by atoms with van der Waals surface area (Å²) in [6.07, 6.45) is 16.4. The topological polar surface area (TPSA) is 60.2 Å². The van der Waals surface area contributed by atoms with Gasteiger partial charge in [-0.15, -0.1) is 0 Å². The summed E-state index contributed by atoms with van der Waals surface area (Å²) in [5, 5.41) is 0. The number of ketones is 1. The number of aldehydes is 1. The van der Waals surface area contributed by atoms with E-state index in [1.54, 1.807) is 0 Å². The van der Waals surface area contributed by atoms with Crippen molar-refractivity contribution >= 4 is 12.1 Å². The molecular weight excluding hydrogens is 262 g/mol. The number of unbranched alkanes of at least 4 members (excludes halogenated alkanes) is 10. The zero-order valence-electron chi connectivity index (χ0n) is 13.9. The fourth-order valence-corrected chi connectivity index (χ4v) is 2.56. The molecule has 3 heteroatoms. The first-order valence-electron chi connectivity index (χ1n) is 8.94. The van der Waals surface area contributed by atoms with Crippen LogP contribution < -0.4 is 5.73 Å². The summed E-state index contributed by atoms with van der Waals surface area (Å²) in [4.78, 5) is 21.9. The zero-order chi connectivity index (χ0) is 15.8. The molecule has 0 heterocycles. The monoisotopic (exact) mass is 297 g/mol. The molecule has 0 rings (SSSR count). The lowest BCUT2D eigenvalue weighted by Crippen LogP contribution is -2.30. The Morgan fingerprint density at radius 1 is 0.905 bits per heavy atom. The Morgan fingerprint density at radius 2 is 1.38 bits per heavy atom. The van der Waals surface area contributed by atoms with Gasteiger partial charge in [0.1, 0.15) is 12.1 Å². The van der Waals surface area contributed by atoms with Gasteiger partial charge in [-0.25, -0.2) is 0 Å². The van der Waals surface area contributed by atoms with Crippen molar-refractivity contribution in [3.63, 3.8) is 0 Å². The largest absolute Gasteiger partial charge is 0.321 e. The molecule has 0 aliphatic rings. The maximum atomic E-state index is 11.7. The molecule has 0 aromatic heterocycles. The van der Waals surface area contributed by atoms with Gasteiger partial charge in [-0.1, -0.05) is 71.1 Å². The fraction of sp³-hybridized carbons (Fsp3) is 0.889. The Morgan fingerprint density at radius 3 is 1.86 bits per heavy atom. The Bertz CT molecular complexity index is 254. The van der Waals surface area contributed by atoms with Gasteiger partial charge in [-0.05, 0) is 12.8 Å². The van der Waals surface area contributed by atoms with Gasteiger partial charge in [0.2, 0.25) is 0 Å². The molecule has 0 saturated heterocycles. The van der Waals surface area contributed by atoms with Gasteiger partial charge in [0, 0.05) is 12.8 Å². The van der Waals surface area contributed by atoms with E-state index < -0.39 is 6.04 Å². The van der Waals surface area contributed by atoms with E-state index in [1.807, 2.05) is 0 Å². The molecule has 0 radical (unpaired) electrons. The van der Waals surface area contributed by atoms with Gasteiger partial charge in [0.25, 0.3) is 0 Å². The molecule has 0 amide bonds. The smallest absolute Gasteiger partial charge is 0.149 e. The van der Waals surface area contributed by atoms with Gasteiger partial charge in [-0.3, -0.25) is 4.79 Å². The third kappa shape index (κ3) is 14.0.